The Morgan fingerprint density at radius 3 is 2.62 bits per heavy atom. The summed E-state index contributed by atoms with van der Waals surface area (Å²) in [6.07, 6.45) is 0.749. The van der Waals surface area contributed by atoms with Crippen molar-refractivity contribution in [3.05, 3.63) is 23.5 Å². The van der Waals surface area contributed by atoms with Crippen molar-refractivity contribution in [2.45, 2.75) is 38.1 Å². The zero-order valence-electron chi connectivity index (χ0n) is 12.2. The number of carbonyl (C=O) groups is 1. The highest BCUT2D eigenvalue weighted by molar-refractivity contribution is 7.89. The lowest BCUT2D eigenvalue weighted by atomic mass is 10.2. The van der Waals surface area contributed by atoms with Crippen LogP contribution in [0.3, 0.4) is 0 Å². The van der Waals surface area contributed by atoms with Crippen molar-refractivity contribution in [2.75, 3.05) is 12.3 Å². The minimum absolute atomic E-state index is 0.142. The second-order valence-electron chi connectivity index (χ2n) is 4.77. The molecule has 1 rings (SSSR count). The Hall–Kier alpha value is -1.67. The molecular formula is C13H20FN3O3S. The molecule has 118 valence electrons. The van der Waals surface area contributed by atoms with Crippen LogP contribution in [0, 0.1) is 12.7 Å². The third kappa shape index (κ3) is 4.40. The van der Waals surface area contributed by atoms with Crippen molar-refractivity contribution in [3.63, 3.8) is 0 Å². The summed E-state index contributed by atoms with van der Waals surface area (Å²) in [5.74, 6) is -1.10. The molecule has 1 amide bonds. The Labute approximate surface area is 124 Å². The molecule has 0 aliphatic rings. The summed E-state index contributed by atoms with van der Waals surface area (Å²) in [5, 5.41) is 2.59. The molecule has 0 fully saturated rings. The fourth-order valence-electron chi connectivity index (χ4n) is 1.71. The number of hydrogen-bond acceptors (Lipinski definition) is 4. The first kappa shape index (κ1) is 17.4. The molecule has 1 unspecified atom stereocenters. The predicted molar refractivity (Wildman–Crippen MR) is 78.6 cm³/mol. The fraction of sp³-hybridized carbons (Fsp3) is 0.462. The lowest BCUT2D eigenvalue weighted by molar-refractivity contribution is -0.122. The summed E-state index contributed by atoms with van der Waals surface area (Å²) >= 11 is 0. The quantitative estimate of drug-likeness (QED) is 0.679. The minimum atomic E-state index is -3.96. The van der Waals surface area contributed by atoms with Gasteiger partial charge in [-0.25, -0.2) is 12.8 Å². The highest BCUT2D eigenvalue weighted by atomic mass is 32.2. The van der Waals surface area contributed by atoms with E-state index in [9.17, 15) is 17.6 Å². The van der Waals surface area contributed by atoms with E-state index in [1.165, 1.54) is 13.8 Å². The maximum Gasteiger partial charge on any atom is 0.241 e. The summed E-state index contributed by atoms with van der Waals surface area (Å²) < 4.78 is 40.0. The minimum Gasteiger partial charge on any atom is -0.396 e. The monoisotopic (exact) mass is 317 g/mol. The van der Waals surface area contributed by atoms with Gasteiger partial charge in [0.2, 0.25) is 15.9 Å². The van der Waals surface area contributed by atoms with E-state index in [1.807, 2.05) is 6.92 Å². The smallest absolute Gasteiger partial charge is 0.241 e. The number of sulfonamides is 1. The largest absolute Gasteiger partial charge is 0.396 e. The van der Waals surface area contributed by atoms with Gasteiger partial charge in [0.05, 0.1) is 16.6 Å². The number of benzene rings is 1. The van der Waals surface area contributed by atoms with Crippen LogP contribution in [0.15, 0.2) is 17.0 Å². The molecule has 0 heterocycles. The van der Waals surface area contributed by atoms with Gasteiger partial charge in [-0.2, -0.15) is 4.72 Å². The SMILES string of the molecule is CCCNC(=O)C(C)NS(=O)(=O)c1cc(N)c(F)cc1C. The number of aryl methyl sites for hydroxylation is 1. The van der Waals surface area contributed by atoms with Crippen LogP contribution in [0.5, 0.6) is 0 Å². The van der Waals surface area contributed by atoms with E-state index >= 15 is 0 Å². The van der Waals surface area contributed by atoms with Crippen molar-refractivity contribution in [1.29, 1.82) is 0 Å². The third-order valence-electron chi connectivity index (χ3n) is 2.86. The Kier molecular flexibility index (Phi) is 5.68. The molecule has 21 heavy (non-hydrogen) atoms. The Balaban J connectivity index is 2.97. The van der Waals surface area contributed by atoms with E-state index in [4.69, 9.17) is 5.73 Å². The van der Waals surface area contributed by atoms with Crippen LogP contribution in [-0.2, 0) is 14.8 Å². The van der Waals surface area contributed by atoms with Gasteiger partial charge in [-0.3, -0.25) is 4.79 Å². The lowest BCUT2D eigenvalue weighted by Crippen LogP contribution is -2.45. The third-order valence-corrected chi connectivity index (χ3v) is 4.54. The van der Waals surface area contributed by atoms with Gasteiger partial charge in [-0.15, -0.1) is 0 Å². The number of amides is 1. The molecule has 1 atom stereocenters. The van der Waals surface area contributed by atoms with Crippen molar-refractivity contribution >= 4 is 21.6 Å². The van der Waals surface area contributed by atoms with Gasteiger partial charge in [0.15, 0.2) is 0 Å². The second-order valence-corrected chi connectivity index (χ2v) is 6.46. The van der Waals surface area contributed by atoms with Gasteiger partial charge in [-0.05, 0) is 38.0 Å². The van der Waals surface area contributed by atoms with Crippen LogP contribution in [0.1, 0.15) is 25.8 Å². The summed E-state index contributed by atoms with van der Waals surface area (Å²) in [6.45, 7) is 5.25. The van der Waals surface area contributed by atoms with E-state index in [0.717, 1.165) is 18.6 Å². The topological polar surface area (TPSA) is 101 Å². The van der Waals surface area contributed by atoms with E-state index in [1.54, 1.807) is 0 Å². The average Bonchev–Trinajstić information content (AvgIpc) is 2.39. The first-order valence-corrected chi connectivity index (χ1v) is 8.03. The molecule has 0 bridgehead atoms. The Morgan fingerprint density at radius 2 is 2.05 bits per heavy atom. The first-order chi connectivity index (χ1) is 9.69. The number of halogens is 1. The summed E-state index contributed by atoms with van der Waals surface area (Å²) in [6, 6.07) is 1.15. The van der Waals surface area contributed by atoms with Gasteiger partial charge in [0.1, 0.15) is 5.82 Å². The van der Waals surface area contributed by atoms with Crippen LogP contribution >= 0.6 is 0 Å². The van der Waals surface area contributed by atoms with Crippen LogP contribution in [0.2, 0.25) is 0 Å². The lowest BCUT2D eigenvalue weighted by Gasteiger charge is -2.15. The molecule has 0 aliphatic carbocycles. The molecule has 0 spiro atoms. The summed E-state index contributed by atoms with van der Waals surface area (Å²) in [7, 11) is -3.96. The van der Waals surface area contributed by atoms with Crippen LogP contribution < -0.4 is 15.8 Å². The zero-order chi connectivity index (χ0) is 16.2. The number of carbonyl (C=O) groups excluding carboxylic acids is 1. The van der Waals surface area contributed by atoms with Crippen LogP contribution in [-0.4, -0.2) is 26.9 Å². The molecule has 0 aliphatic heterocycles. The molecule has 0 radical (unpaired) electrons. The molecular weight excluding hydrogens is 297 g/mol. The number of anilines is 1. The number of nitrogens with one attached hydrogen (secondary N) is 2. The molecule has 0 saturated carbocycles. The van der Waals surface area contributed by atoms with E-state index in [0.29, 0.717) is 6.54 Å². The van der Waals surface area contributed by atoms with E-state index < -0.39 is 27.8 Å². The molecule has 4 N–H and O–H groups in total. The van der Waals surface area contributed by atoms with Crippen molar-refractivity contribution in [1.82, 2.24) is 10.0 Å². The van der Waals surface area contributed by atoms with Gasteiger partial charge >= 0.3 is 0 Å². The Morgan fingerprint density at radius 1 is 1.43 bits per heavy atom. The average molecular weight is 317 g/mol. The van der Waals surface area contributed by atoms with Gasteiger partial charge < -0.3 is 11.1 Å². The molecule has 0 saturated heterocycles. The van der Waals surface area contributed by atoms with Crippen LogP contribution in [0.4, 0.5) is 10.1 Å². The molecule has 0 aromatic heterocycles. The van der Waals surface area contributed by atoms with E-state index in [-0.39, 0.29) is 16.1 Å². The second kappa shape index (κ2) is 6.86. The molecule has 1 aromatic carbocycles. The highest BCUT2D eigenvalue weighted by Gasteiger charge is 2.24. The molecule has 1 aromatic rings. The molecule has 6 nitrogen and oxygen atoms in total. The maximum absolute atomic E-state index is 13.3. The summed E-state index contributed by atoms with van der Waals surface area (Å²) in [5.41, 5.74) is 5.35. The number of hydrogen-bond donors (Lipinski definition) is 3. The van der Waals surface area contributed by atoms with Gasteiger partial charge in [0, 0.05) is 6.54 Å². The zero-order valence-corrected chi connectivity index (χ0v) is 13.1. The standard InChI is InChI=1S/C13H20FN3O3S/c1-4-5-16-13(18)9(3)17-21(19,20)12-7-11(15)10(14)6-8(12)2/h6-7,9,17H,4-5,15H2,1-3H3,(H,16,18). The fourth-order valence-corrected chi connectivity index (χ4v) is 3.17. The molecule has 8 heteroatoms. The predicted octanol–water partition coefficient (Wildman–Crippen LogP) is 0.909. The van der Waals surface area contributed by atoms with Crippen molar-refractivity contribution in [3.8, 4) is 0 Å². The highest BCUT2D eigenvalue weighted by Crippen LogP contribution is 2.21. The number of nitrogens with two attached hydrogens (primary N) is 1. The Bertz CT molecular complexity index is 632. The maximum atomic E-state index is 13.3. The first-order valence-electron chi connectivity index (χ1n) is 6.54. The van der Waals surface area contributed by atoms with Crippen molar-refractivity contribution < 1.29 is 17.6 Å². The van der Waals surface area contributed by atoms with E-state index in [2.05, 4.69) is 10.0 Å². The van der Waals surface area contributed by atoms with Crippen LogP contribution in [0.25, 0.3) is 0 Å². The number of nitrogen functional groups attached to an aromatic ring is 1. The summed E-state index contributed by atoms with van der Waals surface area (Å²) in [4.78, 5) is 11.6. The number of rotatable bonds is 6. The normalized spacial score (nSPS) is 13.0. The van der Waals surface area contributed by atoms with Gasteiger partial charge in [-0.1, -0.05) is 6.92 Å². The van der Waals surface area contributed by atoms with Crippen molar-refractivity contribution in [2.24, 2.45) is 0 Å². The van der Waals surface area contributed by atoms with Gasteiger partial charge in [0.25, 0.3) is 0 Å².